The number of amides is 1. The van der Waals surface area contributed by atoms with Crippen molar-refractivity contribution >= 4 is 21.8 Å². The molecule has 0 radical (unpaired) electrons. The molecule has 0 bridgehead atoms. The predicted octanol–water partition coefficient (Wildman–Crippen LogP) is 2.43. The van der Waals surface area contributed by atoms with E-state index in [1.165, 1.54) is 12.1 Å². The van der Waals surface area contributed by atoms with E-state index in [1.54, 1.807) is 11.0 Å². The maximum atomic E-state index is 13.6. The summed E-state index contributed by atoms with van der Waals surface area (Å²) in [5, 5.41) is 9.14. The smallest absolute Gasteiger partial charge is 0.256 e. The molecule has 1 atom stereocenters. The minimum atomic E-state index is -0.505. The first-order valence-corrected chi connectivity index (χ1v) is 6.76. The number of hydrogen-bond donors (Lipinski definition) is 1. The van der Waals surface area contributed by atoms with E-state index in [0.717, 1.165) is 12.8 Å². The van der Waals surface area contributed by atoms with Gasteiger partial charge in [0, 0.05) is 24.2 Å². The number of carbonyl (C=O) groups is 1. The zero-order valence-electron chi connectivity index (χ0n) is 9.90. The van der Waals surface area contributed by atoms with Crippen molar-refractivity contribution in [3.05, 3.63) is 34.1 Å². The molecule has 0 spiro atoms. The summed E-state index contributed by atoms with van der Waals surface area (Å²) < 4.78 is 14.3. The van der Waals surface area contributed by atoms with Crippen LogP contribution in [0.3, 0.4) is 0 Å². The van der Waals surface area contributed by atoms with Gasteiger partial charge in [-0.05, 0) is 37.0 Å². The monoisotopic (exact) mass is 315 g/mol. The van der Waals surface area contributed by atoms with Crippen molar-refractivity contribution in [2.24, 2.45) is 5.92 Å². The SMILES string of the molecule is O=C(c1cc(Br)ccc1F)N1CCCC(CO)C1. The molecule has 0 aromatic heterocycles. The molecule has 5 heteroatoms. The lowest BCUT2D eigenvalue weighted by Crippen LogP contribution is -2.41. The van der Waals surface area contributed by atoms with Gasteiger partial charge in [-0.3, -0.25) is 4.79 Å². The van der Waals surface area contributed by atoms with Gasteiger partial charge in [0.15, 0.2) is 0 Å². The van der Waals surface area contributed by atoms with E-state index in [4.69, 9.17) is 5.11 Å². The molecule has 1 aliphatic heterocycles. The number of likely N-dealkylation sites (tertiary alicyclic amines) is 1. The quantitative estimate of drug-likeness (QED) is 0.910. The van der Waals surface area contributed by atoms with Crippen LogP contribution in [0.5, 0.6) is 0 Å². The first-order chi connectivity index (χ1) is 8.61. The van der Waals surface area contributed by atoms with Gasteiger partial charge in [-0.25, -0.2) is 4.39 Å². The van der Waals surface area contributed by atoms with Crippen LogP contribution in [0.1, 0.15) is 23.2 Å². The summed E-state index contributed by atoms with van der Waals surface area (Å²) in [5.74, 6) is -0.695. The number of nitrogens with zero attached hydrogens (tertiary/aromatic N) is 1. The molecule has 2 rings (SSSR count). The van der Waals surface area contributed by atoms with Crippen molar-refractivity contribution in [2.75, 3.05) is 19.7 Å². The molecule has 1 fully saturated rings. The van der Waals surface area contributed by atoms with E-state index in [0.29, 0.717) is 17.6 Å². The third-order valence-corrected chi connectivity index (χ3v) is 3.72. The molecule has 0 saturated carbocycles. The van der Waals surface area contributed by atoms with Crippen LogP contribution in [-0.2, 0) is 0 Å². The first-order valence-electron chi connectivity index (χ1n) is 5.97. The predicted molar refractivity (Wildman–Crippen MR) is 69.8 cm³/mol. The van der Waals surface area contributed by atoms with Crippen LogP contribution in [0.4, 0.5) is 4.39 Å². The van der Waals surface area contributed by atoms with Crippen LogP contribution in [0.2, 0.25) is 0 Å². The van der Waals surface area contributed by atoms with Gasteiger partial charge in [0.1, 0.15) is 5.82 Å². The van der Waals surface area contributed by atoms with Gasteiger partial charge in [-0.15, -0.1) is 0 Å². The highest BCUT2D eigenvalue weighted by Gasteiger charge is 2.25. The van der Waals surface area contributed by atoms with Gasteiger partial charge in [-0.2, -0.15) is 0 Å². The Morgan fingerprint density at radius 1 is 1.56 bits per heavy atom. The molecule has 1 aliphatic rings. The second-order valence-corrected chi connectivity index (χ2v) is 5.48. The fourth-order valence-corrected chi connectivity index (χ4v) is 2.59. The zero-order valence-corrected chi connectivity index (χ0v) is 11.5. The van der Waals surface area contributed by atoms with Gasteiger partial charge < -0.3 is 10.0 Å². The molecule has 3 nitrogen and oxygen atoms in total. The van der Waals surface area contributed by atoms with Crippen LogP contribution in [-0.4, -0.2) is 35.6 Å². The number of hydrogen-bond acceptors (Lipinski definition) is 2. The van der Waals surface area contributed by atoms with Crippen molar-refractivity contribution in [3.8, 4) is 0 Å². The van der Waals surface area contributed by atoms with Crippen molar-refractivity contribution in [2.45, 2.75) is 12.8 Å². The van der Waals surface area contributed by atoms with E-state index in [1.807, 2.05) is 0 Å². The third kappa shape index (κ3) is 2.90. The maximum Gasteiger partial charge on any atom is 0.256 e. The van der Waals surface area contributed by atoms with Gasteiger partial charge >= 0.3 is 0 Å². The minimum Gasteiger partial charge on any atom is -0.396 e. The Kier molecular flexibility index (Phi) is 4.35. The highest BCUT2D eigenvalue weighted by Crippen LogP contribution is 2.21. The summed E-state index contributed by atoms with van der Waals surface area (Å²) in [6.07, 6.45) is 1.77. The fraction of sp³-hybridized carbons (Fsp3) is 0.462. The summed E-state index contributed by atoms with van der Waals surface area (Å²) in [6.45, 7) is 1.20. The topological polar surface area (TPSA) is 40.5 Å². The average molecular weight is 316 g/mol. The Balaban J connectivity index is 2.17. The van der Waals surface area contributed by atoms with E-state index >= 15 is 0 Å². The largest absolute Gasteiger partial charge is 0.396 e. The van der Waals surface area contributed by atoms with Gasteiger partial charge in [0.05, 0.1) is 5.56 Å². The van der Waals surface area contributed by atoms with Crippen molar-refractivity contribution < 1.29 is 14.3 Å². The van der Waals surface area contributed by atoms with Crippen molar-refractivity contribution in [3.63, 3.8) is 0 Å². The Morgan fingerprint density at radius 3 is 3.06 bits per heavy atom. The van der Waals surface area contributed by atoms with Crippen LogP contribution >= 0.6 is 15.9 Å². The van der Waals surface area contributed by atoms with Gasteiger partial charge in [0.2, 0.25) is 0 Å². The Bertz CT molecular complexity index is 453. The molecule has 18 heavy (non-hydrogen) atoms. The Hall–Kier alpha value is -0.940. The molecular formula is C13H15BrFNO2. The second-order valence-electron chi connectivity index (χ2n) is 4.57. The molecule has 1 unspecified atom stereocenters. The van der Waals surface area contributed by atoms with E-state index in [9.17, 15) is 9.18 Å². The summed E-state index contributed by atoms with van der Waals surface area (Å²) in [4.78, 5) is 13.8. The second kappa shape index (κ2) is 5.80. The molecule has 1 amide bonds. The summed E-state index contributed by atoms with van der Waals surface area (Å²) in [6, 6.07) is 4.35. The van der Waals surface area contributed by atoms with E-state index in [-0.39, 0.29) is 24.0 Å². The number of halogens is 2. The number of piperidine rings is 1. The third-order valence-electron chi connectivity index (χ3n) is 3.22. The Labute approximate surface area is 114 Å². The van der Waals surface area contributed by atoms with E-state index in [2.05, 4.69) is 15.9 Å². The lowest BCUT2D eigenvalue weighted by molar-refractivity contribution is 0.0616. The van der Waals surface area contributed by atoms with E-state index < -0.39 is 5.82 Å². The number of aliphatic hydroxyl groups is 1. The minimum absolute atomic E-state index is 0.0742. The number of carbonyl (C=O) groups excluding carboxylic acids is 1. The maximum absolute atomic E-state index is 13.6. The average Bonchev–Trinajstić information content (AvgIpc) is 2.41. The summed E-state index contributed by atoms with van der Waals surface area (Å²) in [5.41, 5.74) is 0.0861. The van der Waals surface area contributed by atoms with Gasteiger partial charge in [-0.1, -0.05) is 15.9 Å². The zero-order chi connectivity index (χ0) is 13.1. The highest BCUT2D eigenvalue weighted by atomic mass is 79.9. The number of benzene rings is 1. The Morgan fingerprint density at radius 2 is 2.33 bits per heavy atom. The molecule has 1 saturated heterocycles. The number of aliphatic hydroxyl groups excluding tert-OH is 1. The summed E-state index contributed by atoms with van der Waals surface area (Å²) in [7, 11) is 0. The number of rotatable bonds is 2. The lowest BCUT2D eigenvalue weighted by Gasteiger charge is -2.32. The molecule has 98 valence electrons. The van der Waals surface area contributed by atoms with Crippen LogP contribution in [0, 0.1) is 11.7 Å². The summed E-state index contributed by atoms with van der Waals surface area (Å²) >= 11 is 3.24. The normalized spacial score (nSPS) is 19.9. The van der Waals surface area contributed by atoms with Crippen molar-refractivity contribution in [1.82, 2.24) is 4.90 Å². The van der Waals surface area contributed by atoms with Crippen LogP contribution in [0.15, 0.2) is 22.7 Å². The lowest BCUT2D eigenvalue weighted by atomic mass is 9.98. The fourth-order valence-electron chi connectivity index (χ4n) is 2.23. The molecular weight excluding hydrogens is 301 g/mol. The molecule has 1 aromatic carbocycles. The van der Waals surface area contributed by atoms with Gasteiger partial charge in [0.25, 0.3) is 5.91 Å². The molecule has 0 aliphatic carbocycles. The van der Waals surface area contributed by atoms with Crippen LogP contribution < -0.4 is 0 Å². The molecule has 1 heterocycles. The standard InChI is InChI=1S/C13H15BrFNO2/c14-10-3-4-12(15)11(6-10)13(18)16-5-1-2-9(7-16)8-17/h3-4,6,9,17H,1-2,5,7-8H2. The first kappa shape index (κ1) is 13.5. The molecule has 1 aromatic rings. The van der Waals surface area contributed by atoms with Crippen LogP contribution in [0.25, 0.3) is 0 Å². The van der Waals surface area contributed by atoms with Crippen molar-refractivity contribution in [1.29, 1.82) is 0 Å². The highest BCUT2D eigenvalue weighted by molar-refractivity contribution is 9.10. The molecule has 1 N–H and O–H groups in total.